The molecule has 0 aliphatic carbocycles. The van der Waals surface area contributed by atoms with Crippen LogP contribution in [-0.2, 0) is 13.1 Å². The van der Waals surface area contributed by atoms with Crippen molar-refractivity contribution < 1.29 is 4.74 Å². The van der Waals surface area contributed by atoms with Gasteiger partial charge in [0.2, 0.25) is 0 Å². The normalized spacial score (nSPS) is 11.6. The van der Waals surface area contributed by atoms with Crippen LogP contribution in [0.5, 0.6) is 5.75 Å². The van der Waals surface area contributed by atoms with E-state index in [-0.39, 0.29) is 5.54 Å². The molecule has 2 rings (SSSR count). The molecule has 20 heavy (non-hydrogen) atoms. The molecule has 1 N–H and O–H groups in total. The first-order valence-corrected chi connectivity index (χ1v) is 6.98. The Balaban J connectivity index is 1.90. The standard InChI is InChI=1S/C16H23N3O/c1-16(2,3)17-13-14-7-4-5-8-15(14)20-12-11-19-10-6-9-18-19/h4-10,17H,11-13H2,1-3H3. The fourth-order valence-corrected chi connectivity index (χ4v) is 1.83. The average molecular weight is 273 g/mol. The molecule has 108 valence electrons. The molecular formula is C16H23N3O. The van der Waals surface area contributed by atoms with Crippen molar-refractivity contribution in [2.45, 2.75) is 39.4 Å². The highest BCUT2D eigenvalue weighted by Gasteiger charge is 2.10. The second-order valence-electron chi connectivity index (χ2n) is 5.83. The van der Waals surface area contributed by atoms with E-state index in [0.717, 1.165) is 18.8 Å². The summed E-state index contributed by atoms with van der Waals surface area (Å²) in [4.78, 5) is 0. The van der Waals surface area contributed by atoms with Gasteiger partial charge in [0.05, 0.1) is 6.54 Å². The van der Waals surface area contributed by atoms with E-state index >= 15 is 0 Å². The smallest absolute Gasteiger partial charge is 0.123 e. The molecule has 0 saturated carbocycles. The lowest BCUT2D eigenvalue weighted by Gasteiger charge is -2.21. The van der Waals surface area contributed by atoms with Crippen molar-refractivity contribution in [1.29, 1.82) is 0 Å². The number of nitrogens with one attached hydrogen (secondary N) is 1. The van der Waals surface area contributed by atoms with Crippen LogP contribution < -0.4 is 10.1 Å². The lowest BCUT2D eigenvalue weighted by molar-refractivity contribution is 0.286. The molecule has 0 radical (unpaired) electrons. The number of aromatic nitrogens is 2. The third kappa shape index (κ3) is 4.70. The Morgan fingerprint density at radius 1 is 1.20 bits per heavy atom. The van der Waals surface area contributed by atoms with Crippen LogP contribution >= 0.6 is 0 Å². The zero-order chi connectivity index (χ0) is 14.4. The van der Waals surface area contributed by atoms with Crippen molar-refractivity contribution in [3.63, 3.8) is 0 Å². The molecule has 0 aliphatic heterocycles. The van der Waals surface area contributed by atoms with Crippen molar-refractivity contribution in [2.24, 2.45) is 0 Å². The Morgan fingerprint density at radius 3 is 2.70 bits per heavy atom. The number of rotatable bonds is 6. The largest absolute Gasteiger partial charge is 0.491 e. The zero-order valence-corrected chi connectivity index (χ0v) is 12.5. The maximum absolute atomic E-state index is 5.87. The van der Waals surface area contributed by atoms with Gasteiger partial charge < -0.3 is 10.1 Å². The maximum atomic E-state index is 5.87. The maximum Gasteiger partial charge on any atom is 0.123 e. The van der Waals surface area contributed by atoms with Gasteiger partial charge in [0.1, 0.15) is 12.4 Å². The van der Waals surface area contributed by atoms with Gasteiger partial charge in [-0.25, -0.2) is 0 Å². The number of ether oxygens (including phenoxy) is 1. The van der Waals surface area contributed by atoms with E-state index in [1.54, 1.807) is 6.20 Å². The highest BCUT2D eigenvalue weighted by atomic mass is 16.5. The molecule has 0 atom stereocenters. The van der Waals surface area contributed by atoms with E-state index in [1.165, 1.54) is 5.56 Å². The van der Waals surface area contributed by atoms with E-state index in [2.05, 4.69) is 37.3 Å². The average Bonchev–Trinajstić information content (AvgIpc) is 2.90. The third-order valence-corrected chi connectivity index (χ3v) is 2.92. The predicted molar refractivity (Wildman–Crippen MR) is 80.8 cm³/mol. The van der Waals surface area contributed by atoms with Crippen LogP contribution in [0.2, 0.25) is 0 Å². The van der Waals surface area contributed by atoms with Crippen LogP contribution in [0.25, 0.3) is 0 Å². The Morgan fingerprint density at radius 2 is 2.00 bits per heavy atom. The lowest BCUT2D eigenvalue weighted by atomic mass is 10.1. The van der Waals surface area contributed by atoms with Crippen LogP contribution in [0.4, 0.5) is 0 Å². The molecule has 0 aliphatic rings. The molecule has 1 aromatic heterocycles. The summed E-state index contributed by atoms with van der Waals surface area (Å²) in [6.07, 6.45) is 3.72. The summed E-state index contributed by atoms with van der Waals surface area (Å²) >= 11 is 0. The monoisotopic (exact) mass is 273 g/mol. The van der Waals surface area contributed by atoms with Crippen LogP contribution in [-0.4, -0.2) is 21.9 Å². The Hall–Kier alpha value is -1.81. The van der Waals surface area contributed by atoms with E-state index < -0.39 is 0 Å². The first-order valence-electron chi connectivity index (χ1n) is 6.98. The Kier molecular flexibility index (Phi) is 4.79. The SMILES string of the molecule is CC(C)(C)NCc1ccccc1OCCn1cccn1. The highest BCUT2D eigenvalue weighted by Crippen LogP contribution is 2.18. The van der Waals surface area contributed by atoms with E-state index in [4.69, 9.17) is 4.74 Å². The molecule has 1 heterocycles. The van der Waals surface area contributed by atoms with Gasteiger partial charge in [0.25, 0.3) is 0 Å². The van der Waals surface area contributed by atoms with Crippen molar-refractivity contribution in [2.75, 3.05) is 6.61 Å². The summed E-state index contributed by atoms with van der Waals surface area (Å²) in [5, 5.41) is 7.65. The molecule has 4 nitrogen and oxygen atoms in total. The minimum Gasteiger partial charge on any atom is -0.491 e. The second kappa shape index (κ2) is 6.57. The number of nitrogens with zero attached hydrogens (tertiary/aromatic N) is 2. The molecule has 0 spiro atoms. The summed E-state index contributed by atoms with van der Waals surface area (Å²) in [6.45, 7) is 8.67. The molecule has 2 aromatic rings. The zero-order valence-electron chi connectivity index (χ0n) is 12.5. The molecule has 0 saturated heterocycles. The summed E-state index contributed by atoms with van der Waals surface area (Å²) in [7, 11) is 0. The van der Waals surface area contributed by atoms with Gasteiger partial charge >= 0.3 is 0 Å². The molecule has 4 heteroatoms. The summed E-state index contributed by atoms with van der Waals surface area (Å²) < 4.78 is 7.75. The van der Waals surface area contributed by atoms with Crippen molar-refractivity contribution >= 4 is 0 Å². The Labute approximate surface area is 120 Å². The van der Waals surface area contributed by atoms with Crippen LogP contribution in [0, 0.1) is 0 Å². The number of benzene rings is 1. The topological polar surface area (TPSA) is 39.1 Å². The van der Waals surface area contributed by atoms with Gasteiger partial charge in [-0.2, -0.15) is 5.10 Å². The summed E-state index contributed by atoms with van der Waals surface area (Å²) in [6, 6.07) is 10.1. The highest BCUT2D eigenvalue weighted by molar-refractivity contribution is 5.33. The van der Waals surface area contributed by atoms with Gasteiger partial charge in [0, 0.05) is 30.0 Å². The molecule has 0 amide bonds. The Bertz CT molecular complexity index is 515. The van der Waals surface area contributed by atoms with Gasteiger partial charge in [-0.15, -0.1) is 0 Å². The first-order chi connectivity index (χ1) is 9.54. The molecule has 1 aromatic carbocycles. The van der Waals surface area contributed by atoms with E-state index in [0.29, 0.717) is 6.61 Å². The predicted octanol–water partition coefficient (Wildman–Crippen LogP) is 2.85. The summed E-state index contributed by atoms with van der Waals surface area (Å²) in [5.74, 6) is 0.941. The fraction of sp³-hybridized carbons (Fsp3) is 0.438. The van der Waals surface area contributed by atoms with Crippen molar-refractivity contribution in [3.8, 4) is 5.75 Å². The van der Waals surface area contributed by atoms with Gasteiger partial charge in [-0.1, -0.05) is 18.2 Å². The molecule has 0 unspecified atom stereocenters. The van der Waals surface area contributed by atoms with Gasteiger partial charge in [0.15, 0.2) is 0 Å². The van der Waals surface area contributed by atoms with Crippen molar-refractivity contribution in [1.82, 2.24) is 15.1 Å². The van der Waals surface area contributed by atoms with E-state index in [9.17, 15) is 0 Å². The number of para-hydroxylation sites is 1. The number of hydrogen-bond acceptors (Lipinski definition) is 3. The molecular weight excluding hydrogens is 250 g/mol. The minimum atomic E-state index is 0.0994. The van der Waals surface area contributed by atoms with Crippen LogP contribution in [0.15, 0.2) is 42.7 Å². The minimum absolute atomic E-state index is 0.0994. The third-order valence-electron chi connectivity index (χ3n) is 2.92. The quantitative estimate of drug-likeness (QED) is 0.879. The van der Waals surface area contributed by atoms with Crippen LogP contribution in [0.1, 0.15) is 26.3 Å². The first kappa shape index (κ1) is 14.6. The molecule has 0 fully saturated rings. The lowest BCUT2D eigenvalue weighted by Crippen LogP contribution is -2.35. The second-order valence-corrected chi connectivity index (χ2v) is 5.83. The number of hydrogen-bond donors (Lipinski definition) is 1. The van der Waals surface area contributed by atoms with Gasteiger partial charge in [-0.3, -0.25) is 4.68 Å². The molecule has 0 bridgehead atoms. The summed E-state index contributed by atoms with van der Waals surface area (Å²) in [5.41, 5.74) is 1.28. The van der Waals surface area contributed by atoms with Crippen molar-refractivity contribution in [3.05, 3.63) is 48.3 Å². The van der Waals surface area contributed by atoms with Gasteiger partial charge in [-0.05, 0) is 32.9 Å². The van der Waals surface area contributed by atoms with Crippen LogP contribution in [0.3, 0.4) is 0 Å². The van der Waals surface area contributed by atoms with E-state index in [1.807, 2.05) is 35.1 Å². The fourth-order valence-electron chi connectivity index (χ4n) is 1.83.